The van der Waals surface area contributed by atoms with Crippen LogP contribution < -0.4 is 0 Å². The van der Waals surface area contributed by atoms with Crippen molar-refractivity contribution in [3.8, 4) is 5.69 Å². The second kappa shape index (κ2) is 7.28. The molecule has 102 valence electrons. The monoisotopic (exact) mass is 276 g/mol. The number of rotatable bonds is 7. The Morgan fingerprint density at radius 3 is 2.79 bits per heavy atom. The topological polar surface area (TPSA) is 43.6 Å². The minimum atomic E-state index is 0.700. The second-order valence-corrected chi connectivity index (χ2v) is 5.75. The summed E-state index contributed by atoms with van der Waals surface area (Å²) in [6.07, 6.45) is 3.83. The Kier molecular flexibility index (Phi) is 5.39. The summed E-state index contributed by atoms with van der Waals surface area (Å²) < 4.78 is 1.80. The van der Waals surface area contributed by atoms with E-state index in [9.17, 15) is 0 Å². The molecular formula is C14H20N4S. The highest BCUT2D eigenvalue weighted by molar-refractivity contribution is 7.99. The molecule has 0 spiro atoms. The Morgan fingerprint density at radius 1 is 1.26 bits per heavy atom. The van der Waals surface area contributed by atoms with Crippen LogP contribution in [-0.4, -0.2) is 26.0 Å². The van der Waals surface area contributed by atoms with Gasteiger partial charge in [-0.1, -0.05) is 56.7 Å². The predicted molar refractivity (Wildman–Crippen MR) is 78.6 cm³/mol. The van der Waals surface area contributed by atoms with Gasteiger partial charge in [-0.25, -0.2) is 0 Å². The van der Waals surface area contributed by atoms with Gasteiger partial charge in [-0.2, -0.15) is 4.68 Å². The number of thioether (sulfide) groups is 1. The summed E-state index contributed by atoms with van der Waals surface area (Å²) in [7, 11) is 0. The molecule has 19 heavy (non-hydrogen) atoms. The van der Waals surface area contributed by atoms with Gasteiger partial charge in [0.15, 0.2) is 0 Å². The maximum atomic E-state index is 4.11. The second-order valence-electron chi connectivity index (χ2n) is 4.77. The third kappa shape index (κ3) is 4.06. The summed E-state index contributed by atoms with van der Waals surface area (Å²) in [6, 6.07) is 10.0. The molecule has 0 aliphatic rings. The number of benzene rings is 1. The lowest BCUT2D eigenvalue weighted by atomic mass is 10.1. The van der Waals surface area contributed by atoms with Crippen LogP contribution >= 0.6 is 11.8 Å². The Bertz CT molecular complexity index is 483. The molecule has 5 heteroatoms. The van der Waals surface area contributed by atoms with Crippen molar-refractivity contribution >= 4 is 11.8 Å². The number of aromatic nitrogens is 4. The zero-order valence-electron chi connectivity index (χ0n) is 11.5. The fourth-order valence-electron chi connectivity index (χ4n) is 1.85. The molecule has 4 nitrogen and oxygen atoms in total. The molecule has 1 aromatic carbocycles. The van der Waals surface area contributed by atoms with E-state index >= 15 is 0 Å². The lowest BCUT2D eigenvalue weighted by Gasteiger charge is -2.09. The van der Waals surface area contributed by atoms with Crippen molar-refractivity contribution in [2.45, 2.75) is 38.3 Å². The molecule has 1 heterocycles. The number of para-hydroxylation sites is 1. The zero-order valence-corrected chi connectivity index (χ0v) is 12.3. The van der Waals surface area contributed by atoms with Crippen molar-refractivity contribution in [2.24, 2.45) is 5.92 Å². The molecule has 2 aromatic rings. The van der Waals surface area contributed by atoms with E-state index in [1.165, 1.54) is 19.3 Å². The summed E-state index contributed by atoms with van der Waals surface area (Å²) in [5, 5.41) is 12.8. The van der Waals surface area contributed by atoms with E-state index in [4.69, 9.17) is 0 Å². The molecule has 0 saturated carbocycles. The van der Waals surface area contributed by atoms with Crippen LogP contribution in [0.5, 0.6) is 0 Å². The summed E-state index contributed by atoms with van der Waals surface area (Å²) >= 11 is 1.73. The first-order chi connectivity index (χ1) is 9.31. The van der Waals surface area contributed by atoms with E-state index in [1.54, 1.807) is 16.4 Å². The molecule has 0 aliphatic heterocycles. The quantitative estimate of drug-likeness (QED) is 0.725. The molecule has 0 aliphatic carbocycles. The van der Waals surface area contributed by atoms with Crippen LogP contribution in [0.2, 0.25) is 0 Å². The number of tetrazole rings is 1. The average Bonchev–Trinajstić information content (AvgIpc) is 2.92. The molecule has 1 aromatic heterocycles. The standard InChI is InChI=1S/C14H20N4S/c1-3-4-8-12(2)11-19-14-15-16-17-18(14)13-9-6-5-7-10-13/h5-7,9-10,12H,3-4,8,11H2,1-2H3/t12-/m0/s1. The smallest absolute Gasteiger partial charge is 0.188 e. The molecule has 0 radical (unpaired) electrons. The Balaban J connectivity index is 1.97. The van der Waals surface area contributed by atoms with Gasteiger partial charge in [0.05, 0.1) is 5.69 Å². The summed E-state index contributed by atoms with van der Waals surface area (Å²) in [5.74, 6) is 1.76. The lowest BCUT2D eigenvalue weighted by molar-refractivity contribution is 0.557. The van der Waals surface area contributed by atoms with E-state index < -0.39 is 0 Å². The third-order valence-corrected chi connectivity index (χ3v) is 4.24. The van der Waals surface area contributed by atoms with Crippen molar-refractivity contribution in [3.63, 3.8) is 0 Å². The van der Waals surface area contributed by atoms with E-state index in [-0.39, 0.29) is 0 Å². The normalized spacial score (nSPS) is 12.5. The third-order valence-electron chi connectivity index (χ3n) is 2.99. The van der Waals surface area contributed by atoms with Crippen LogP contribution in [-0.2, 0) is 0 Å². The van der Waals surface area contributed by atoms with Gasteiger partial charge in [-0.05, 0) is 34.9 Å². The fourth-order valence-corrected chi connectivity index (χ4v) is 2.81. The maximum Gasteiger partial charge on any atom is 0.214 e. The Morgan fingerprint density at radius 2 is 2.05 bits per heavy atom. The lowest BCUT2D eigenvalue weighted by Crippen LogP contribution is -2.02. The summed E-state index contributed by atoms with van der Waals surface area (Å²) in [6.45, 7) is 4.52. The largest absolute Gasteiger partial charge is 0.214 e. The van der Waals surface area contributed by atoms with Crippen molar-refractivity contribution in [2.75, 3.05) is 5.75 Å². The maximum absolute atomic E-state index is 4.11. The minimum Gasteiger partial charge on any atom is -0.188 e. The molecule has 0 saturated heterocycles. The van der Waals surface area contributed by atoms with Crippen molar-refractivity contribution in [3.05, 3.63) is 30.3 Å². The van der Waals surface area contributed by atoms with Gasteiger partial charge in [0.2, 0.25) is 5.16 Å². The van der Waals surface area contributed by atoms with Crippen LogP contribution in [0.3, 0.4) is 0 Å². The van der Waals surface area contributed by atoms with E-state index in [2.05, 4.69) is 29.4 Å². The van der Waals surface area contributed by atoms with Gasteiger partial charge < -0.3 is 0 Å². The number of unbranched alkanes of at least 4 members (excludes halogenated alkanes) is 1. The van der Waals surface area contributed by atoms with E-state index in [0.29, 0.717) is 5.92 Å². The first-order valence-electron chi connectivity index (χ1n) is 6.78. The van der Waals surface area contributed by atoms with Crippen molar-refractivity contribution in [1.82, 2.24) is 20.2 Å². The van der Waals surface area contributed by atoms with E-state index in [1.807, 2.05) is 30.3 Å². The fraction of sp³-hybridized carbons (Fsp3) is 0.500. The predicted octanol–water partition coefficient (Wildman–Crippen LogP) is 3.58. The highest BCUT2D eigenvalue weighted by Gasteiger charge is 2.10. The zero-order chi connectivity index (χ0) is 13.5. The average molecular weight is 276 g/mol. The van der Waals surface area contributed by atoms with Gasteiger partial charge in [0.25, 0.3) is 0 Å². The highest BCUT2D eigenvalue weighted by atomic mass is 32.2. The summed E-state index contributed by atoms with van der Waals surface area (Å²) in [5.41, 5.74) is 1.01. The minimum absolute atomic E-state index is 0.700. The molecule has 2 rings (SSSR count). The van der Waals surface area contributed by atoms with Gasteiger partial charge >= 0.3 is 0 Å². The van der Waals surface area contributed by atoms with E-state index in [0.717, 1.165) is 16.6 Å². The number of hydrogen-bond acceptors (Lipinski definition) is 4. The highest BCUT2D eigenvalue weighted by Crippen LogP contribution is 2.22. The van der Waals surface area contributed by atoms with Crippen molar-refractivity contribution < 1.29 is 0 Å². The molecule has 0 bridgehead atoms. The van der Waals surface area contributed by atoms with Gasteiger partial charge in [-0.15, -0.1) is 5.10 Å². The molecule has 1 atom stereocenters. The summed E-state index contributed by atoms with van der Waals surface area (Å²) in [4.78, 5) is 0. The van der Waals surface area contributed by atoms with Crippen LogP contribution in [0.15, 0.2) is 35.5 Å². The first kappa shape index (κ1) is 14.1. The molecule has 0 unspecified atom stereocenters. The number of hydrogen-bond donors (Lipinski definition) is 0. The van der Waals surface area contributed by atoms with Gasteiger partial charge in [0.1, 0.15) is 0 Å². The first-order valence-corrected chi connectivity index (χ1v) is 7.76. The number of nitrogens with zero attached hydrogens (tertiary/aromatic N) is 4. The molecule has 0 N–H and O–H groups in total. The van der Waals surface area contributed by atoms with Crippen LogP contribution in [0.4, 0.5) is 0 Å². The Hall–Kier alpha value is -1.36. The molecular weight excluding hydrogens is 256 g/mol. The molecule has 0 amide bonds. The van der Waals surface area contributed by atoms with Crippen LogP contribution in [0.25, 0.3) is 5.69 Å². The SMILES string of the molecule is CCCC[C@H](C)CSc1nnnn1-c1ccccc1. The van der Waals surface area contributed by atoms with Crippen molar-refractivity contribution in [1.29, 1.82) is 0 Å². The van der Waals surface area contributed by atoms with Gasteiger partial charge in [0, 0.05) is 5.75 Å². The van der Waals surface area contributed by atoms with Crippen LogP contribution in [0.1, 0.15) is 33.1 Å². The molecule has 0 fully saturated rings. The van der Waals surface area contributed by atoms with Crippen LogP contribution in [0, 0.1) is 5.92 Å². The van der Waals surface area contributed by atoms with Gasteiger partial charge in [-0.3, -0.25) is 0 Å². The Labute approximate surface area is 118 Å².